The summed E-state index contributed by atoms with van der Waals surface area (Å²) in [4.78, 5) is 11.6. The zero-order valence-electron chi connectivity index (χ0n) is 10.2. The molecule has 0 saturated carbocycles. The van der Waals surface area contributed by atoms with Gasteiger partial charge in [0.15, 0.2) is 0 Å². The van der Waals surface area contributed by atoms with Crippen molar-refractivity contribution in [3.63, 3.8) is 0 Å². The number of sulfonamides is 1. The minimum absolute atomic E-state index is 0.0542. The SMILES string of the molecule is CS(=O)(=O)NCCCNC1CCCCNC1=O. The van der Waals surface area contributed by atoms with Crippen molar-refractivity contribution in [2.75, 3.05) is 25.9 Å². The van der Waals surface area contributed by atoms with Gasteiger partial charge in [-0.3, -0.25) is 4.79 Å². The van der Waals surface area contributed by atoms with E-state index in [1.807, 2.05) is 0 Å². The molecular weight excluding hydrogens is 242 g/mol. The quantitative estimate of drug-likeness (QED) is 0.547. The Morgan fingerprint density at radius 1 is 1.35 bits per heavy atom. The summed E-state index contributed by atoms with van der Waals surface area (Å²) in [7, 11) is -3.10. The predicted octanol–water partition coefficient (Wildman–Crippen LogP) is -0.816. The average molecular weight is 263 g/mol. The number of nitrogens with one attached hydrogen (secondary N) is 3. The van der Waals surface area contributed by atoms with E-state index in [1.54, 1.807) is 0 Å². The lowest BCUT2D eigenvalue weighted by Crippen LogP contribution is -2.43. The molecule has 0 spiro atoms. The van der Waals surface area contributed by atoms with Crippen molar-refractivity contribution in [1.82, 2.24) is 15.4 Å². The lowest BCUT2D eigenvalue weighted by Gasteiger charge is -2.14. The van der Waals surface area contributed by atoms with Crippen LogP contribution in [0.3, 0.4) is 0 Å². The number of amides is 1. The summed E-state index contributed by atoms with van der Waals surface area (Å²) in [5, 5.41) is 6.00. The fourth-order valence-corrected chi connectivity index (χ4v) is 2.27. The van der Waals surface area contributed by atoms with Crippen LogP contribution in [0.5, 0.6) is 0 Å². The lowest BCUT2D eigenvalue weighted by atomic mass is 10.1. The van der Waals surface area contributed by atoms with Crippen LogP contribution in [0.1, 0.15) is 25.7 Å². The minimum Gasteiger partial charge on any atom is -0.355 e. The second-order valence-electron chi connectivity index (χ2n) is 4.31. The maximum Gasteiger partial charge on any atom is 0.237 e. The molecule has 0 radical (unpaired) electrons. The van der Waals surface area contributed by atoms with Gasteiger partial charge < -0.3 is 10.6 Å². The van der Waals surface area contributed by atoms with Crippen molar-refractivity contribution >= 4 is 15.9 Å². The summed E-state index contributed by atoms with van der Waals surface area (Å²) in [6.45, 7) is 1.80. The normalized spacial score (nSPS) is 21.9. The van der Waals surface area contributed by atoms with E-state index in [0.29, 0.717) is 19.5 Å². The summed E-state index contributed by atoms with van der Waals surface area (Å²) in [5.41, 5.74) is 0. The molecule has 100 valence electrons. The molecule has 1 rings (SSSR count). The van der Waals surface area contributed by atoms with Gasteiger partial charge in [0.05, 0.1) is 12.3 Å². The molecule has 0 aliphatic carbocycles. The Morgan fingerprint density at radius 2 is 2.12 bits per heavy atom. The molecule has 3 N–H and O–H groups in total. The van der Waals surface area contributed by atoms with Gasteiger partial charge in [-0.05, 0) is 32.2 Å². The molecule has 1 aliphatic rings. The van der Waals surface area contributed by atoms with Gasteiger partial charge in [-0.25, -0.2) is 13.1 Å². The fraction of sp³-hybridized carbons (Fsp3) is 0.900. The Kier molecular flexibility index (Phi) is 5.87. The van der Waals surface area contributed by atoms with Crippen molar-refractivity contribution in [2.24, 2.45) is 0 Å². The monoisotopic (exact) mass is 263 g/mol. The van der Waals surface area contributed by atoms with Gasteiger partial charge in [-0.15, -0.1) is 0 Å². The van der Waals surface area contributed by atoms with Crippen LogP contribution >= 0.6 is 0 Å². The maximum atomic E-state index is 11.6. The van der Waals surface area contributed by atoms with Crippen LogP contribution in [0.4, 0.5) is 0 Å². The highest BCUT2D eigenvalue weighted by Crippen LogP contribution is 2.04. The molecule has 1 atom stereocenters. The van der Waals surface area contributed by atoms with E-state index in [2.05, 4.69) is 15.4 Å². The Balaban J connectivity index is 2.15. The number of hydrogen-bond donors (Lipinski definition) is 3. The van der Waals surface area contributed by atoms with E-state index in [0.717, 1.165) is 32.1 Å². The van der Waals surface area contributed by atoms with Crippen molar-refractivity contribution in [1.29, 1.82) is 0 Å². The Bertz CT molecular complexity index is 343. The topological polar surface area (TPSA) is 87.3 Å². The van der Waals surface area contributed by atoms with Gasteiger partial charge in [-0.2, -0.15) is 0 Å². The standard InChI is InChI=1S/C10H21N3O3S/c1-17(15,16)13-8-4-7-11-9-5-2-3-6-12-10(9)14/h9,11,13H,2-8H2,1H3,(H,12,14). The Morgan fingerprint density at radius 3 is 2.82 bits per heavy atom. The van der Waals surface area contributed by atoms with Crippen molar-refractivity contribution < 1.29 is 13.2 Å². The second-order valence-corrected chi connectivity index (χ2v) is 6.15. The summed E-state index contributed by atoms with van der Waals surface area (Å²) < 4.78 is 24.0. The van der Waals surface area contributed by atoms with Crippen LogP contribution in [0.2, 0.25) is 0 Å². The van der Waals surface area contributed by atoms with E-state index in [-0.39, 0.29) is 11.9 Å². The van der Waals surface area contributed by atoms with Crippen LogP contribution < -0.4 is 15.4 Å². The third-order valence-electron chi connectivity index (χ3n) is 2.64. The Labute approximate surface area is 103 Å². The molecule has 0 aromatic carbocycles. The van der Waals surface area contributed by atoms with E-state index in [9.17, 15) is 13.2 Å². The summed E-state index contributed by atoms with van der Waals surface area (Å²) in [6, 6.07) is -0.129. The first-order valence-corrected chi connectivity index (χ1v) is 7.84. The molecule has 1 heterocycles. The smallest absolute Gasteiger partial charge is 0.237 e. The number of rotatable bonds is 6. The fourth-order valence-electron chi connectivity index (χ4n) is 1.76. The first-order chi connectivity index (χ1) is 7.99. The number of carbonyl (C=O) groups excluding carboxylic acids is 1. The minimum atomic E-state index is -3.10. The highest BCUT2D eigenvalue weighted by atomic mass is 32.2. The van der Waals surface area contributed by atoms with Crippen molar-refractivity contribution in [2.45, 2.75) is 31.7 Å². The van der Waals surface area contributed by atoms with Crippen LogP contribution in [-0.2, 0) is 14.8 Å². The van der Waals surface area contributed by atoms with E-state index >= 15 is 0 Å². The number of hydrogen-bond acceptors (Lipinski definition) is 4. The van der Waals surface area contributed by atoms with Gasteiger partial charge in [0.25, 0.3) is 0 Å². The van der Waals surface area contributed by atoms with Gasteiger partial charge in [0, 0.05) is 13.1 Å². The van der Waals surface area contributed by atoms with Crippen molar-refractivity contribution in [3.05, 3.63) is 0 Å². The molecule has 1 fully saturated rings. The van der Waals surface area contributed by atoms with Crippen LogP contribution in [0, 0.1) is 0 Å². The molecule has 1 amide bonds. The molecule has 17 heavy (non-hydrogen) atoms. The highest BCUT2D eigenvalue weighted by Gasteiger charge is 2.19. The molecule has 1 unspecified atom stereocenters. The molecule has 0 aromatic heterocycles. The molecule has 0 aromatic rings. The largest absolute Gasteiger partial charge is 0.355 e. The molecule has 0 bridgehead atoms. The van der Waals surface area contributed by atoms with Crippen LogP contribution in [-0.4, -0.2) is 46.3 Å². The second kappa shape index (κ2) is 6.93. The first-order valence-electron chi connectivity index (χ1n) is 5.95. The maximum absolute atomic E-state index is 11.6. The summed E-state index contributed by atoms with van der Waals surface area (Å²) in [5.74, 6) is 0.0542. The summed E-state index contributed by atoms with van der Waals surface area (Å²) >= 11 is 0. The van der Waals surface area contributed by atoms with Crippen LogP contribution in [0.15, 0.2) is 0 Å². The number of carbonyl (C=O) groups is 1. The summed E-state index contributed by atoms with van der Waals surface area (Å²) in [6.07, 6.45) is 4.74. The van der Waals surface area contributed by atoms with Crippen molar-refractivity contribution in [3.8, 4) is 0 Å². The van der Waals surface area contributed by atoms with Gasteiger partial charge in [-0.1, -0.05) is 0 Å². The third kappa shape index (κ3) is 6.60. The predicted molar refractivity (Wildman–Crippen MR) is 66.1 cm³/mol. The third-order valence-corrected chi connectivity index (χ3v) is 3.37. The lowest BCUT2D eigenvalue weighted by molar-refractivity contribution is -0.122. The zero-order valence-corrected chi connectivity index (χ0v) is 11.0. The van der Waals surface area contributed by atoms with Gasteiger partial charge >= 0.3 is 0 Å². The average Bonchev–Trinajstić information content (AvgIpc) is 2.42. The van der Waals surface area contributed by atoms with Gasteiger partial charge in [0.2, 0.25) is 15.9 Å². The van der Waals surface area contributed by atoms with E-state index < -0.39 is 10.0 Å². The Hall–Kier alpha value is -0.660. The van der Waals surface area contributed by atoms with Gasteiger partial charge in [0.1, 0.15) is 0 Å². The van der Waals surface area contributed by atoms with Crippen LogP contribution in [0.25, 0.3) is 0 Å². The highest BCUT2D eigenvalue weighted by molar-refractivity contribution is 7.88. The first kappa shape index (κ1) is 14.4. The molecule has 6 nitrogen and oxygen atoms in total. The van der Waals surface area contributed by atoms with E-state index in [1.165, 1.54) is 0 Å². The zero-order chi connectivity index (χ0) is 12.7. The molecule has 1 saturated heterocycles. The van der Waals surface area contributed by atoms with E-state index in [4.69, 9.17) is 0 Å². The molecule has 7 heteroatoms. The molecule has 1 aliphatic heterocycles. The molecular formula is C10H21N3O3S.